The third kappa shape index (κ3) is 2.00. The van der Waals surface area contributed by atoms with Crippen molar-refractivity contribution in [2.75, 3.05) is 16.6 Å². The second kappa shape index (κ2) is 4.40. The van der Waals surface area contributed by atoms with Gasteiger partial charge in [-0.15, -0.1) is 11.3 Å². The Labute approximate surface area is 120 Å². The van der Waals surface area contributed by atoms with Crippen LogP contribution in [0.4, 0.5) is 11.4 Å². The Morgan fingerprint density at radius 1 is 1.26 bits per heavy atom. The highest BCUT2D eigenvalue weighted by molar-refractivity contribution is 7.94. The second-order valence-electron chi connectivity index (χ2n) is 4.23. The van der Waals surface area contributed by atoms with Crippen LogP contribution in [0.1, 0.15) is 5.56 Å². The van der Waals surface area contributed by atoms with Crippen LogP contribution >= 0.6 is 22.9 Å². The SMILES string of the molecule is Nc1cccc2c1CCN2S(=O)(=O)c1ccc(Cl)s1. The summed E-state index contributed by atoms with van der Waals surface area (Å²) < 4.78 is 27.2. The first-order valence-electron chi connectivity index (χ1n) is 5.65. The average Bonchev–Trinajstić information content (AvgIpc) is 2.96. The maximum absolute atomic E-state index is 12.6. The number of nitrogens with two attached hydrogens (primary N) is 1. The van der Waals surface area contributed by atoms with E-state index in [0.29, 0.717) is 28.7 Å². The number of nitrogen functional groups attached to an aromatic ring is 1. The van der Waals surface area contributed by atoms with Gasteiger partial charge in [-0.3, -0.25) is 4.31 Å². The molecule has 1 aromatic heterocycles. The Hall–Kier alpha value is -1.24. The smallest absolute Gasteiger partial charge is 0.273 e. The molecule has 2 aromatic rings. The van der Waals surface area contributed by atoms with Gasteiger partial charge in [-0.2, -0.15) is 0 Å². The molecule has 4 nitrogen and oxygen atoms in total. The zero-order valence-electron chi connectivity index (χ0n) is 9.84. The molecule has 0 fully saturated rings. The minimum absolute atomic E-state index is 0.257. The van der Waals surface area contributed by atoms with Crippen molar-refractivity contribution < 1.29 is 8.42 Å². The topological polar surface area (TPSA) is 63.4 Å². The van der Waals surface area contributed by atoms with E-state index < -0.39 is 10.0 Å². The molecular formula is C12H11ClN2O2S2. The quantitative estimate of drug-likeness (QED) is 0.867. The van der Waals surface area contributed by atoms with Gasteiger partial charge >= 0.3 is 0 Å². The molecule has 100 valence electrons. The number of hydrogen-bond donors (Lipinski definition) is 1. The van der Waals surface area contributed by atoms with Gasteiger partial charge < -0.3 is 5.73 Å². The van der Waals surface area contributed by atoms with Gasteiger partial charge in [0.1, 0.15) is 4.21 Å². The van der Waals surface area contributed by atoms with E-state index >= 15 is 0 Å². The predicted molar refractivity (Wildman–Crippen MR) is 78.4 cm³/mol. The first-order valence-corrected chi connectivity index (χ1v) is 8.29. The molecule has 0 radical (unpaired) electrons. The van der Waals surface area contributed by atoms with E-state index in [0.717, 1.165) is 16.9 Å². The fraction of sp³-hybridized carbons (Fsp3) is 0.167. The van der Waals surface area contributed by atoms with Crippen LogP contribution in [0.15, 0.2) is 34.5 Å². The van der Waals surface area contributed by atoms with Gasteiger partial charge in [0, 0.05) is 17.8 Å². The van der Waals surface area contributed by atoms with Crippen LogP contribution in [0.5, 0.6) is 0 Å². The first kappa shape index (κ1) is 12.8. The number of nitrogens with zero attached hydrogens (tertiary/aromatic N) is 1. The number of benzene rings is 1. The van der Waals surface area contributed by atoms with Crippen molar-refractivity contribution in [3.63, 3.8) is 0 Å². The van der Waals surface area contributed by atoms with E-state index in [1.54, 1.807) is 24.3 Å². The molecule has 7 heteroatoms. The van der Waals surface area contributed by atoms with Gasteiger partial charge in [0.2, 0.25) is 0 Å². The molecule has 0 atom stereocenters. The summed E-state index contributed by atoms with van der Waals surface area (Å²) in [7, 11) is -3.54. The lowest BCUT2D eigenvalue weighted by atomic mass is 10.1. The molecule has 1 aliphatic rings. The first-order chi connectivity index (χ1) is 9.00. The molecule has 0 unspecified atom stereocenters. The molecular weight excluding hydrogens is 304 g/mol. The van der Waals surface area contributed by atoms with Gasteiger partial charge in [-0.1, -0.05) is 17.7 Å². The number of sulfonamides is 1. The number of rotatable bonds is 2. The minimum atomic E-state index is -3.54. The van der Waals surface area contributed by atoms with Crippen molar-refractivity contribution in [1.82, 2.24) is 0 Å². The van der Waals surface area contributed by atoms with E-state index in [2.05, 4.69) is 0 Å². The predicted octanol–water partition coefficient (Wildman–Crippen LogP) is 2.74. The van der Waals surface area contributed by atoms with E-state index in [9.17, 15) is 8.42 Å². The zero-order chi connectivity index (χ0) is 13.6. The molecule has 19 heavy (non-hydrogen) atoms. The summed E-state index contributed by atoms with van der Waals surface area (Å²) in [5, 5.41) is 0. The monoisotopic (exact) mass is 314 g/mol. The van der Waals surface area contributed by atoms with E-state index in [1.807, 2.05) is 0 Å². The summed E-state index contributed by atoms with van der Waals surface area (Å²) in [6, 6.07) is 8.47. The summed E-state index contributed by atoms with van der Waals surface area (Å²) in [4.78, 5) is 0. The minimum Gasteiger partial charge on any atom is -0.398 e. The van der Waals surface area contributed by atoms with Gasteiger partial charge in [-0.05, 0) is 30.7 Å². The largest absolute Gasteiger partial charge is 0.398 e. The summed E-state index contributed by atoms with van der Waals surface area (Å²) >= 11 is 6.88. The Balaban J connectivity index is 2.09. The second-order valence-corrected chi connectivity index (χ2v) is 8.03. The fourth-order valence-electron chi connectivity index (χ4n) is 2.23. The lowest BCUT2D eigenvalue weighted by molar-refractivity contribution is 0.594. The molecule has 0 saturated carbocycles. The maximum atomic E-state index is 12.6. The van der Waals surface area contributed by atoms with Crippen LogP contribution in [-0.4, -0.2) is 15.0 Å². The Kier molecular flexibility index (Phi) is 2.96. The highest BCUT2D eigenvalue weighted by atomic mass is 35.5. The Morgan fingerprint density at radius 2 is 2.05 bits per heavy atom. The molecule has 0 amide bonds. The molecule has 0 saturated heterocycles. The van der Waals surface area contributed by atoms with Crippen LogP contribution in [0.25, 0.3) is 0 Å². The zero-order valence-corrected chi connectivity index (χ0v) is 12.2. The van der Waals surface area contributed by atoms with Gasteiger partial charge in [0.15, 0.2) is 0 Å². The van der Waals surface area contributed by atoms with Crippen molar-refractivity contribution in [1.29, 1.82) is 0 Å². The van der Waals surface area contributed by atoms with Crippen LogP contribution in [-0.2, 0) is 16.4 Å². The molecule has 0 aliphatic carbocycles. The van der Waals surface area contributed by atoms with E-state index in [4.69, 9.17) is 17.3 Å². The molecule has 2 N–H and O–H groups in total. The van der Waals surface area contributed by atoms with E-state index in [-0.39, 0.29) is 4.21 Å². The third-order valence-corrected chi connectivity index (χ3v) is 6.63. The van der Waals surface area contributed by atoms with Crippen LogP contribution in [0.2, 0.25) is 4.34 Å². The highest BCUT2D eigenvalue weighted by Crippen LogP contribution is 2.37. The fourth-order valence-corrected chi connectivity index (χ4v) is 5.32. The molecule has 1 aliphatic heterocycles. The van der Waals surface area contributed by atoms with Crippen LogP contribution in [0.3, 0.4) is 0 Å². The van der Waals surface area contributed by atoms with Gasteiger partial charge in [0.25, 0.3) is 10.0 Å². The van der Waals surface area contributed by atoms with Gasteiger partial charge in [0.05, 0.1) is 10.0 Å². The molecule has 0 bridgehead atoms. The lowest BCUT2D eigenvalue weighted by Gasteiger charge is -2.18. The van der Waals surface area contributed by atoms with Crippen LogP contribution < -0.4 is 10.0 Å². The summed E-state index contributed by atoms with van der Waals surface area (Å²) in [5.41, 5.74) is 8.09. The van der Waals surface area contributed by atoms with Crippen molar-refractivity contribution in [2.24, 2.45) is 0 Å². The maximum Gasteiger partial charge on any atom is 0.273 e. The van der Waals surface area contributed by atoms with Crippen molar-refractivity contribution in [2.45, 2.75) is 10.6 Å². The van der Waals surface area contributed by atoms with Gasteiger partial charge in [-0.25, -0.2) is 8.42 Å². The average molecular weight is 315 g/mol. The summed E-state index contributed by atoms with van der Waals surface area (Å²) in [6.07, 6.45) is 0.639. The number of hydrogen-bond acceptors (Lipinski definition) is 4. The van der Waals surface area contributed by atoms with Crippen molar-refractivity contribution in [3.05, 3.63) is 40.2 Å². The third-order valence-electron chi connectivity index (χ3n) is 3.11. The Morgan fingerprint density at radius 3 is 2.74 bits per heavy atom. The molecule has 2 heterocycles. The molecule has 1 aromatic carbocycles. The summed E-state index contributed by atoms with van der Waals surface area (Å²) in [6.45, 7) is 0.418. The van der Waals surface area contributed by atoms with Crippen molar-refractivity contribution in [3.8, 4) is 0 Å². The standard InChI is InChI=1S/C12H11ClN2O2S2/c13-11-4-5-12(18-11)19(16,17)15-7-6-8-9(14)2-1-3-10(8)15/h1-5H,6-7,14H2. The van der Waals surface area contributed by atoms with Crippen LogP contribution in [0, 0.1) is 0 Å². The highest BCUT2D eigenvalue weighted by Gasteiger charge is 2.32. The number of anilines is 2. The Bertz CT molecular complexity index is 740. The van der Waals surface area contributed by atoms with E-state index in [1.165, 1.54) is 10.4 Å². The summed E-state index contributed by atoms with van der Waals surface area (Å²) in [5.74, 6) is 0. The lowest BCUT2D eigenvalue weighted by Crippen LogP contribution is -2.28. The normalized spacial score (nSPS) is 14.7. The molecule has 0 spiro atoms. The number of halogens is 1. The van der Waals surface area contributed by atoms with Crippen molar-refractivity contribution >= 4 is 44.3 Å². The molecule has 3 rings (SSSR count). The number of thiophene rings is 1. The number of fused-ring (bicyclic) bond motifs is 1.